The molecule has 0 bridgehead atoms. The van der Waals surface area contributed by atoms with Gasteiger partial charge >= 0.3 is 6.18 Å². The molecule has 0 fully saturated rings. The van der Waals surface area contributed by atoms with Gasteiger partial charge in [0, 0.05) is 11.9 Å². The predicted molar refractivity (Wildman–Crippen MR) is 90.4 cm³/mol. The zero-order valence-electron chi connectivity index (χ0n) is 13.8. The number of benzene rings is 2. The number of alkyl halides is 3. The Bertz CT molecular complexity index is 989. The fourth-order valence-electron chi connectivity index (χ4n) is 2.67. The molecule has 1 amide bonds. The van der Waals surface area contributed by atoms with E-state index in [0.29, 0.717) is 5.39 Å². The van der Waals surface area contributed by atoms with Crippen LogP contribution in [0.4, 0.5) is 17.6 Å². The number of amides is 1. The van der Waals surface area contributed by atoms with Gasteiger partial charge in [-0.1, -0.05) is 36.4 Å². The minimum atomic E-state index is -4.63. The molecule has 0 saturated carbocycles. The molecule has 2 N–H and O–H groups in total. The van der Waals surface area contributed by atoms with Crippen molar-refractivity contribution in [2.75, 3.05) is 6.54 Å². The summed E-state index contributed by atoms with van der Waals surface area (Å²) in [6, 6.07) is 11.8. The maximum absolute atomic E-state index is 13.8. The lowest BCUT2D eigenvalue weighted by molar-refractivity contribution is -0.139. The van der Waals surface area contributed by atoms with Crippen LogP contribution < -0.4 is 5.32 Å². The van der Waals surface area contributed by atoms with Crippen molar-refractivity contribution in [3.63, 3.8) is 0 Å². The van der Waals surface area contributed by atoms with E-state index in [1.54, 1.807) is 6.07 Å². The summed E-state index contributed by atoms with van der Waals surface area (Å²) in [6.07, 6.45) is -6.19. The number of nitrogens with zero attached hydrogens (tertiary/aromatic N) is 1. The van der Waals surface area contributed by atoms with Crippen molar-refractivity contribution in [1.29, 1.82) is 0 Å². The number of aliphatic hydroxyl groups excluding tert-OH is 1. The molecule has 0 radical (unpaired) electrons. The van der Waals surface area contributed by atoms with Gasteiger partial charge in [0.25, 0.3) is 5.91 Å². The van der Waals surface area contributed by atoms with Gasteiger partial charge in [-0.05, 0) is 23.8 Å². The summed E-state index contributed by atoms with van der Waals surface area (Å²) in [7, 11) is 0. The van der Waals surface area contributed by atoms with Crippen molar-refractivity contribution in [3.05, 3.63) is 77.2 Å². The van der Waals surface area contributed by atoms with Crippen molar-refractivity contribution in [1.82, 2.24) is 10.3 Å². The number of aromatic nitrogens is 1. The van der Waals surface area contributed by atoms with Crippen LogP contribution in [-0.4, -0.2) is 22.5 Å². The van der Waals surface area contributed by atoms with Crippen molar-refractivity contribution >= 4 is 16.8 Å². The lowest BCUT2D eigenvalue weighted by Gasteiger charge is -2.17. The Morgan fingerprint density at radius 3 is 2.56 bits per heavy atom. The van der Waals surface area contributed by atoms with E-state index in [2.05, 4.69) is 10.3 Å². The van der Waals surface area contributed by atoms with Crippen molar-refractivity contribution in [2.45, 2.75) is 12.3 Å². The lowest BCUT2D eigenvalue weighted by atomic mass is 10.0. The van der Waals surface area contributed by atoms with Crippen LogP contribution in [0.2, 0.25) is 0 Å². The van der Waals surface area contributed by atoms with Crippen LogP contribution in [0.1, 0.15) is 27.7 Å². The van der Waals surface area contributed by atoms with Gasteiger partial charge in [0.05, 0.1) is 11.7 Å². The number of rotatable bonds is 4. The molecule has 0 spiro atoms. The van der Waals surface area contributed by atoms with Crippen LogP contribution in [0.5, 0.6) is 0 Å². The number of halogens is 4. The van der Waals surface area contributed by atoms with E-state index >= 15 is 0 Å². The van der Waals surface area contributed by atoms with E-state index in [9.17, 15) is 27.5 Å². The molecule has 1 atom stereocenters. The molecule has 0 aliphatic rings. The molecule has 0 aliphatic heterocycles. The first kappa shape index (κ1) is 18.8. The number of hydrogen-bond donors (Lipinski definition) is 2. The Kier molecular flexibility index (Phi) is 5.09. The highest BCUT2D eigenvalue weighted by Crippen LogP contribution is 2.34. The quantitative estimate of drug-likeness (QED) is 0.678. The Balaban J connectivity index is 1.76. The third-order valence-corrected chi connectivity index (χ3v) is 3.98. The fourth-order valence-corrected chi connectivity index (χ4v) is 2.67. The van der Waals surface area contributed by atoms with Crippen LogP contribution in [-0.2, 0) is 6.18 Å². The monoisotopic (exact) mass is 378 g/mol. The number of hydrogen-bond acceptors (Lipinski definition) is 3. The highest BCUT2D eigenvalue weighted by molar-refractivity contribution is 5.94. The largest absolute Gasteiger partial charge is 0.416 e. The second-order valence-corrected chi connectivity index (χ2v) is 5.82. The molecule has 3 rings (SSSR count). The average Bonchev–Trinajstić information content (AvgIpc) is 2.65. The Morgan fingerprint density at radius 1 is 1.07 bits per heavy atom. The Labute approximate surface area is 151 Å². The second kappa shape index (κ2) is 7.32. The SMILES string of the molecule is O=C(NC[C@H](O)c1ccccc1C(F)(F)F)c1ccc2cccc(F)c2n1. The van der Waals surface area contributed by atoms with E-state index in [4.69, 9.17) is 0 Å². The van der Waals surface area contributed by atoms with Gasteiger partial charge in [0.1, 0.15) is 17.0 Å². The first-order valence-electron chi connectivity index (χ1n) is 7.95. The van der Waals surface area contributed by atoms with Crippen molar-refractivity contribution in [3.8, 4) is 0 Å². The topological polar surface area (TPSA) is 62.2 Å². The molecule has 8 heteroatoms. The van der Waals surface area contributed by atoms with Crippen LogP contribution in [0.3, 0.4) is 0 Å². The minimum absolute atomic E-state index is 0.00751. The van der Waals surface area contributed by atoms with Gasteiger partial charge in [-0.25, -0.2) is 9.37 Å². The number of pyridine rings is 1. The molecule has 0 aliphatic carbocycles. The first-order valence-corrected chi connectivity index (χ1v) is 7.95. The van der Waals surface area contributed by atoms with Crippen molar-refractivity contribution in [2.24, 2.45) is 0 Å². The highest BCUT2D eigenvalue weighted by Gasteiger charge is 2.34. The third-order valence-electron chi connectivity index (χ3n) is 3.98. The molecule has 27 heavy (non-hydrogen) atoms. The Hall–Kier alpha value is -3.00. The van der Waals surface area contributed by atoms with E-state index in [1.807, 2.05) is 0 Å². The summed E-state index contributed by atoms with van der Waals surface area (Å²) in [5.74, 6) is -1.33. The third kappa shape index (κ3) is 4.06. The lowest BCUT2D eigenvalue weighted by Crippen LogP contribution is -2.30. The number of fused-ring (bicyclic) bond motifs is 1. The standard InChI is InChI=1S/C19H14F4N2O2/c20-14-7-3-4-11-8-9-15(25-17(11)14)18(27)24-10-16(26)12-5-1-2-6-13(12)19(21,22)23/h1-9,16,26H,10H2,(H,24,27)/t16-/m0/s1. The van der Waals surface area contributed by atoms with Crippen LogP contribution in [0.15, 0.2) is 54.6 Å². The van der Waals surface area contributed by atoms with Gasteiger partial charge in [-0.3, -0.25) is 4.79 Å². The zero-order chi connectivity index (χ0) is 19.6. The van der Waals surface area contributed by atoms with Gasteiger partial charge in [0.2, 0.25) is 0 Å². The number of para-hydroxylation sites is 1. The summed E-state index contributed by atoms with van der Waals surface area (Å²) in [4.78, 5) is 16.1. The molecule has 1 aromatic heterocycles. The molecular weight excluding hydrogens is 364 g/mol. The molecule has 2 aromatic carbocycles. The van der Waals surface area contributed by atoms with E-state index < -0.39 is 36.1 Å². The molecule has 3 aromatic rings. The van der Waals surface area contributed by atoms with Crippen LogP contribution >= 0.6 is 0 Å². The molecule has 4 nitrogen and oxygen atoms in total. The van der Waals surface area contributed by atoms with Crippen LogP contribution in [0, 0.1) is 5.82 Å². The summed E-state index contributed by atoms with van der Waals surface area (Å²) < 4.78 is 52.8. The summed E-state index contributed by atoms with van der Waals surface area (Å²) in [5, 5.41) is 12.9. The van der Waals surface area contributed by atoms with Gasteiger partial charge in [-0.15, -0.1) is 0 Å². The summed E-state index contributed by atoms with van der Waals surface area (Å²) >= 11 is 0. The smallest absolute Gasteiger partial charge is 0.387 e. The summed E-state index contributed by atoms with van der Waals surface area (Å²) in [6.45, 7) is -0.455. The average molecular weight is 378 g/mol. The maximum Gasteiger partial charge on any atom is 0.416 e. The minimum Gasteiger partial charge on any atom is -0.387 e. The highest BCUT2D eigenvalue weighted by atomic mass is 19.4. The molecule has 1 heterocycles. The number of nitrogens with one attached hydrogen (secondary N) is 1. The second-order valence-electron chi connectivity index (χ2n) is 5.82. The molecule has 140 valence electrons. The first-order chi connectivity index (χ1) is 12.8. The van der Waals surface area contributed by atoms with Crippen LogP contribution in [0.25, 0.3) is 10.9 Å². The Morgan fingerprint density at radius 2 is 1.81 bits per heavy atom. The number of carbonyl (C=O) groups is 1. The number of carbonyl (C=O) groups excluding carboxylic acids is 1. The van der Waals surface area contributed by atoms with Gasteiger partial charge < -0.3 is 10.4 Å². The normalized spacial score (nSPS) is 12.8. The molecule has 0 saturated heterocycles. The molecular formula is C19H14F4N2O2. The fraction of sp³-hybridized carbons (Fsp3) is 0.158. The van der Waals surface area contributed by atoms with E-state index in [0.717, 1.165) is 12.1 Å². The van der Waals surface area contributed by atoms with Crippen molar-refractivity contribution < 1.29 is 27.5 Å². The maximum atomic E-state index is 13.8. The van der Waals surface area contributed by atoms with Gasteiger partial charge in [0.15, 0.2) is 0 Å². The zero-order valence-corrected chi connectivity index (χ0v) is 13.8. The molecule has 0 unspecified atom stereocenters. The van der Waals surface area contributed by atoms with Gasteiger partial charge in [-0.2, -0.15) is 13.2 Å². The van der Waals surface area contributed by atoms with E-state index in [-0.39, 0.29) is 16.8 Å². The predicted octanol–water partition coefficient (Wildman–Crippen LogP) is 3.86. The number of aliphatic hydroxyl groups is 1. The summed E-state index contributed by atoms with van der Waals surface area (Å²) in [5.41, 5.74) is -1.42. The van der Waals surface area contributed by atoms with E-state index in [1.165, 1.54) is 36.4 Å².